The summed E-state index contributed by atoms with van der Waals surface area (Å²) in [7, 11) is -5.74. The van der Waals surface area contributed by atoms with E-state index in [4.69, 9.17) is 45.0 Å². The van der Waals surface area contributed by atoms with E-state index in [0.29, 0.717) is 0 Å². The van der Waals surface area contributed by atoms with Crippen molar-refractivity contribution in [1.29, 1.82) is 0 Å². The van der Waals surface area contributed by atoms with Gasteiger partial charge in [-0.15, -0.1) is 0 Å². The number of hydrogen-bond acceptors (Lipinski definition) is 13. The first-order valence-electron chi connectivity index (χ1n) is 46.4. The molecule has 6 atom stereocenters. The molecule has 0 fully saturated rings. The van der Waals surface area contributed by atoms with Crippen molar-refractivity contribution in [3.8, 4) is 0 Å². The van der Waals surface area contributed by atoms with Crippen molar-refractivity contribution in [2.75, 3.05) is 19.8 Å². The van der Waals surface area contributed by atoms with Crippen LogP contribution in [-0.2, 0) is 37.4 Å². The second-order valence-corrected chi connectivity index (χ2v) is 46.7. The van der Waals surface area contributed by atoms with Crippen LogP contribution in [0.25, 0.3) is 0 Å². The molecule has 15 heteroatoms. The number of aliphatic hydroxyl groups excluding tert-OH is 2. The van der Waals surface area contributed by atoms with Gasteiger partial charge in [0.05, 0.1) is 44.2 Å². The van der Waals surface area contributed by atoms with Crippen LogP contribution in [-0.4, -0.2) is 106 Å². The molecule has 0 saturated heterocycles. The van der Waals surface area contributed by atoms with Gasteiger partial charge in [-0.1, -0.05) is 413 Å². The largest absolute Gasteiger partial charge is 0.460 e. The Kier molecular flexibility index (Phi) is 55.3. The fourth-order valence-electron chi connectivity index (χ4n) is 15.0. The van der Waals surface area contributed by atoms with Gasteiger partial charge in [-0.3, -0.25) is 9.59 Å². The summed E-state index contributed by atoms with van der Waals surface area (Å²) in [5, 5.41) is 25.0. The van der Waals surface area contributed by atoms with Gasteiger partial charge in [0, 0.05) is 0 Å². The van der Waals surface area contributed by atoms with E-state index in [1.165, 1.54) is 209 Å². The highest BCUT2D eigenvalue weighted by molar-refractivity contribution is 7.00. The molecule has 0 aliphatic carbocycles. The van der Waals surface area contributed by atoms with E-state index in [0.717, 1.165) is 42.5 Å². The lowest BCUT2D eigenvalue weighted by Gasteiger charge is -2.46. The molecule has 0 spiro atoms. The van der Waals surface area contributed by atoms with E-state index < -0.39 is 75.3 Å². The van der Waals surface area contributed by atoms with Crippen LogP contribution in [0.5, 0.6) is 0 Å². The number of nitrogens with two attached hydrogens (primary N) is 3. The van der Waals surface area contributed by atoms with Gasteiger partial charge in [0.1, 0.15) is 34.5 Å². The van der Waals surface area contributed by atoms with Gasteiger partial charge in [-0.25, -0.2) is 0 Å². The monoisotopic (exact) mass is 1660 g/mol. The van der Waals surface area contributed by atoms with Crippen molar-refractivity contribution in [3.05, 3.63) is 158 Å². The van der Waals surface area contributed by atoms with Gasteiger partial charge in [-0.05, 0) is 139 Å². The van der Waals surface area contributed by atoms with Gasteiger partial charge in [-0.2, -0.15) is 0 Å². The lowest BCUT2D eigenvalue weighted by Crippen LogP contribution is -2.68. The van der Waals surface area contributed by atoms with Gasteiger partial charge >= 0.3 is 11.9 Å². The summed E-state index contributed by atoms with van der Waals surface area (Å²) >= 11 is 0. The van der Waals surface area contributed by atoms with E-state index >= 15 is 0 Å². The minimum atomic E-state index is -3.01. The van der Waals surface area contributed by atoms with E-state index in [1.807, 2.05) is 59.8 Å². The van der Waals surface area contributed by atoms with E-state index in [2.05, 4.69) is 196 Å². The average Bonchev–Trinajstić information content (AvgIpc) is 0.753. The molecular weight excluding hydrogens is 1480 g/mol. The Bertz CT molecular complexity index is 3100. The van der Waals surface area contributed by atoms with Crippen LogP contribution < -0.4 is 37.9 Å². The summed E-state index contributed by atoms with van der Waals surface area (Å²) in [5.74, 6) is -2.31. The molecule has 0 aliphatic heterocycles. The Morgan fingerprint density at radius 1 is 0.359 bits per heavy atom. The molecule has 13 nitrogen and oxygen atoms in total. The number of ether oxygens (including phenoxy) is 4. The number of aliphatic hydroxyl groups is 2. The number of esters is 2. The fraction of sp³-hybridized carbons (Fsp3) is 0.686. The molecule has 4 aromatic rings. The normalized spacial score (nSPS) is 14.4. The van der Waals surface area contributed by atoms with E-state index in [9.17, 15) is 19.8 Å². The number of benzene rings is 4. The van der Waals surface area contributed by atoms with Gasteiger partial charge in [0.15, 0.2) is 0 Å². The van der Waals surface area contributed by atoms with Crippen LogP contribution >= 0.6 is 0 Å². The molecule has 0 saturated carbocycles. The number of hydrogen-bond donors (Lipinski definition) is 5. The fourth-order valence-corrected chi connectivity index (χ4v) is 24.3. The zero-order chi connectivity index (χ0) is 87.1. The Labute approximate surface area is 719 Å². The van der Waals surface area contributed by atoms with Crippen LogP contribution in [0.2, 0.25) is 10.1 Å². The molecule has 0 aliphatic rings. The number of carbonyl (C=O) groups is 2. The second-order valence-electron chi connectivity index (χ2n) is 38.2. The van der Waals surface area contributed by atoms with Gasteiger partial charge in [0.25, 0.3) is 16.6 Å². The second kappa shape index (κ2) is 59.8. The van der Waals surface area contributed by atoms with Gasteiger partial charge in [0.2, 0.25) is 0 Å². The maximum absolute atomic E-state index is 14.0. The molecule has 0 radical (unpaired) electrons. The Balaban J connectivity index is 0.000000611. The maximum atomic E-state index is 14.0. The quantitative estimate of drug-likeness (QED) is 0.00918. The summed E-state index contributed by atoms with van der Waals surface area (Å²) < 4.78 is 37.9. The predicted molar refractivity (Wildman–Crippen MR) is 504 cm³/mol. The molecule has 4 rings (SSSR count). The van der Waals surface area contributed by atoms with Gasteiger partial charge < -0.3 is 55.2 Å². The number of carbonyl (C=O) groups excluding carboxylic acids is 2. The van der Waals surface area contributed by atoms with Crippen molar-refractivity contribution in [2.45, 2.75) is 420 Å². The molecule has 666 valence electrons. The third-order valence-electron chi connectivity index (χ3n) is 21.5. The summed E-state index contributed by atoms with van der Waals surface area (Å²) in [4.78, 5) is 26.5. The molecular formula is C102H175N3O10Si2. The lowest BCUT2D eigenvalue weighted by molar-refractivity contribution is -0.169. The van der Waals surface area contributed by atoms with E-state index in [-0.39, 0.29) is 42.0 Å². The zero-order valence-corrected chi connectivity index (χ0v) is 79.9. The SMILES string of the molecule is CCCCCCCCCCCCC/C=C/[C@@H](O)C(COC(C)(C)N)C(=O)OC(C)(C)C.CCCCCCCCCCCCC/C=C/[C@@H](O[Si](c1ccccc1)(c1ccccc1)C(C)(C)C)C(COC(C)(C)N)C(=O)OC(C)(C)C.CCCCCCCCCCCCC/C=C/[C@H](O[Si](c1ccccc1)(c1ccccc1)C(C)(C)C)[C@@H](N)CO. The first-order chi connectivity index (χ1) is 55.4. The first kappa shape index (κ1) is 108. The molecule has 117 heavy (non-hydrogen) atoms. The summed E-state index contributed by atoms with van der Waals surface area (Å²) in [5.41, 5.74) is 15.6. The Hall–Kier alpha value is -4.89. The molecule has 8 N–H and O–H groups in total. The molecule has 0 bridgehead atoms. The lowest BCUT2D eigenvalue weighted by atomic mass is 10.0. The summed E-state index contributed by atoms with van der Waals surface area (Å²) in [6.07, 6.45) is 57.0. The molecule has 0 heterocycles. The Morgan fingerprint density at radius 3 is 0.855 bits per heavy atom. The van der Waals surface area contributed by atoms with Crippen molar-refractivity contribution in [1.82, 2.24) is 0 Å². The maximum Gasteiger partial charge on any atom is 0.314 e. The third-order valence-corrected chi connectivity index (χ3v) is 31.6. The highest BCUT2D eigenvalue weighted by Crippen LogP contribution is 2.41. The Morgan fingerprint density at radius 2 is 0.598 bits per heavy atom. The molecule has 4 aromatic carbocycles. The smallest absolute Gasteiger partial charge is 0.314 e. The van der Waals surface area contributed by atoms with Crippen molar-refractivity contribution in [2.24, 2.45) is 29.0 Å². The van der Waals surface area contributed by atoms with Crippen LogP contribution in [0.15, 0.2) is 158 Å². The van der Waals surface area contributed by atoms with Crippen molar-refractivity contribution in [3.63, 3.8) is 0 Å². The highest BCUT2D eigenvalue weighted by atomic mass is 28.4. The van der Waals surface area contributed by atoms with Crippen molar-refractivity contribution < 1.29 is 47.6 Å². The summed E-state index contributed by atoms with van der Waals surface area (Å²) in [6.45, 7) is 38.6. The minimum absolute atomic E-state index is 0.0162. The third kappa shape index (κ3) is 46.8. The summed E-state index contributed by atoms with van der Waals surface area (Å²) in [6, 6.07) is 41.9. The topological polar surface area (TPSA) is 208 Å². The predicted octanol–water partition coefficient (Wildman–Crippen LogP) is 23.6. The number of unbranched alkanes of at least 4 members (excludes halogenated alkanes) is 33. The molecule has 2 unspecified atom stereocenters. The standard InChI is InChI=1S/C42H69NO4Si.C34H55NO2Si.C26H51NO4/c1-10-11-12-13-14-15-16-17-18-19-20-21-28-33-38(37(34-45-42(8,9)43)39(44)46-40(2,3)4)47-48(41(5,6)7,35-29-24-22-25-30-35)36-31-26-23-27-32-36;1-5-6-7-8-9-10-11-12-13-14-15-16-23-28-33(32(35)29-36)37-38(34(2,3)4,30-24-19-17-20-25-30)31-26-21-18-22-27-31;1-7-8-9-10-11-12-13-14-15-16-17-18-19-20-23(28)22(21-30-26(5,6)27)24(29)31-25(2,3)4/h22-33,37-38H,10-21,34,43H2,1-9H3;17-28,32-33,36H,5-16,29,35H2,1-4H3;19-20,22-23,28H,7-18,21,27H2,1-6H3/b33-28+;28-23+;20-19+/t37?,38-;32-,33-;22?,23-/m101/s1. The van der Waals surface area contributed by atoms with Crippen LogP contribution in [0.1, 0.15) is 363 Å². The van der Waals surface area contributed by atoms with Crippen LogP contribution in [0.4, 0.5) is 0 Å². The van der Waals surface area contributed by atoms with Crippen LogP contribution in [0, 0.1) is 11.8 Å². The molecule has 0 amide bonds. The van der Waals surface area contributed by atoms with E-state index in [1.54, 1.807) is 33.8 Å². The van der Waals surface area contributed by atoms with Crippen LogP contribution in [0.3, 0.4) is 0 Å². The van der Waals surface area contributed by atoms with Crippen molar-refractivity contribution >= 4 is 49.3 Å². The average molecular weight is 1660 g/mol. The minimum Gasteiger partial charge on any atom is -0.460 e. The number of allylic oxidation sites excluding steroid dienone is 3. The first-order valence-corrected chi connectivity index (χ1v) is 50.2. The molecule has 0 aromatic heterocycles. The highest BCUT2D eigenvalue weighted by Gasteiger charge is 2.54. The number of rotatable bonds is 59. The zero-order valence-electron chi connectivity index (χ0n) is 77.9.